The fourth-order valence-corrected chi connectivity index (χ4v) is 2.34. The van der Waals surface area contributed by atoms with Gasteiger partial charge in [0.2, 0.25) is 0 Å². The lowest BCUT2D eigenvalue weighted by Crippen LogP contribution is -2.34. The van der Waals surface area contributed by atoms with Gasteiger partial charge in [-0.15, -0.1) is 0 Å². The second-order valence-electron chi connectivity index (χ2n) is 5.18. The first-order valence-corrected chi connectivity index (χ1v) is 6.77. The molecule has 7 nitrogen and oxygen atoms in total. The number of aliphatic hydroxyl groups is 2. The van der Waals surface area contributed by atoms with E-state index in [2.05, 4.69) is 4.98 Å². The molecule has 0 saturated carbocycles. The van der Waals surface area contributed by atoms with Gasteiger partial charge in [-0.05, 0) is 12.3 Å². The van der Waals surface area contributed by atoms with Crippen molar-refractivity contribution in [2.45, 2.75) is 51.0 Å². The highest BCUT2D eigenvalue weighted by Gasteiger charge is 2.35. The highest BCUT2D eigenvalue weighted by molar-refractivity contribution is 5.10. The van der Waals surface area contributed by atoms with Crippen molar-refractivity contribution in [2.24, 2.45) is 0 Å². The van der Waals surface area contributed by atoms with Crippen LogP contribution in [0.2, 0.25) is 0 Å². The van der Waals surface area contributed by atoms with Crippen molar-refractivity contribution >= 4 is 0 Å². The van der Waals surface area contributed by atoms with E-state index in [1.165, 1.54) is 10.8 Å². The lowest BCUT2D eigenvalue weighted by Gasteiger charge is -2.16. The zero-order valence-electron chi connectivity index (χ0n) is 11.6. The second kappa shape index (κ2) is 5.90. The number of hydrogen-bond acceptors (Lipinski definition) is 5. The number of nitrogens with zero attached hydrogens (tertiary/aromatic N) is 1. The molecule has 1 saturated heterocycles. The van der Waals surface area contributed by atoms with Gasteiger partial charge in [0.1, 0.15) is 12.3 Å². The lowest BCUT2D eigenvalue weighted by molar-refractivity contribution is -0.0460. The van der Waals surface area contributed by atoms with E-state index in [-0.39, 0.29) is 18.9 Å². The van der Waals surface area contributed by atoms with E-state index in [0.717, 1.165) is 6.42 Å². The van der Waals surface area contributed by atoms with Crippen molar-refractivity contribution in [3.8, 4) is 0 Å². The minimum atomic E-state index is -0.823. The summed E-state index contributed by atoms with van der Waals surface area (Å²) in [6.45, 7) is 3.55. The molecule has 1 unspecified atom stereocenters. The van der Waals surface area contributed by atoms with Gasteiger partial charge < -0.3 is 14.9 Å². The van der Waals surface area contributed by atoms with Gasteiger partial charge in [0, 0.05) is 18.2 Å². The van der Waals surface area contributed by atoms with Crippen LogP contribution in [0.25, 0.3) is 0 Å². The van der Waals surface area contributed by atoms with Crippen molar-refractivity contribution in [2.75, 3.05) is 6.61 Å². The van der Waals surface area contributed by atoms with Crippen LogP contribution in [-0.4, -0.2) is 38.6 Å². The van der Waals surface area contributed by atoms with Crippen LogP contribution in [0.5, 0.6) is 0 Å². The molecule has 1 aliphatic rings. The topological polar surface area (TPSA) is 105 Å². The van der Waals surface area contributed by atoms with Crippen LogP contribution in [0.3, 0.4) is 0 Å². The molecular formula is C13H20N2O5. The Morgan fingerprint density at radius 2 is 2.25 bits per heavy atom. The first-order valence-electron chi connectivity index (χ1n) is 6.77. The molecule has 1 fully saturated rings. The van der Waals surface area contributed by atoms with Gasteiger partial charge in [0.15, 0.2) is 0 Å². The predicted molar refractivity (Wildman–Crippen MR) is 71.6 cm³/mol. The van der Waals surface area contributed by atoms with Crippen LogP contribution in [-0.2, 0) is 4.74 Å². The summed E-state index contributed by atoms with van der Waals surface area (Å²) in [4.78, 5) is 25.9. The van der Waals surface area contributed by atoms with E-state index in [0.29, 0.717) is 5.56 Å². The highest BCUT2D eigenvalue weighted by Crippen LogP contribution is 2.27. The molecule has 7 heteroatoms. The van der Waals surface area contributed by atoms with Crippen molar-refractivity contribution in [3.05, 3.63) is 32.6 Å². The van der Waals surface area contributed by atoms with Crippen LogP contribution in [0.15, 0.2) is 15.8 Å². The maximum Gasteiger partial charge on any atom is 0.330 e. The highest BCUT2D eigenvalue weighted by atomic mass is 16.5. The zero-order chi connectivity index (χ0) is 14.9. The molecule has 112 valence electrons. The standard InChI is InChI=1S/C13H20N2O5/c1-3-7(2)8-5-15(13(19)14-12(8)18)11-4-9(17)10(6-16)20-11/h5,7,9-11,16-17H,3-4,6H2,1-2H3,(H,14,18,19)/t7?,9-,10+,11+/m0/s1. The fourth-order valence-electron chi connectivity index (χ4n) is 2.34. The van der Waals surface area contributed by atoms with Crippen molar-refractivity contribution in [3.63, 3.8) is 0 Å². The number of aliphatic hydroxyl groups excluding tert-OH is 2. The third-order valence-corrected chi connectivity index (χ3v) is 3.83. The fraction of sp³-hybridized carbons (Fsp3) is 0.692. The van der Waals surface area contributed by atoms with Gasteiger partial charge in [0.05, 0.1) is 12.7 Å². The summed E-state index contributed by atoms with van der Waals surface area (Å²) in [7, 11) is 0. The minimum Gasteiger partial charge on any atom is -0.394 e. The van der Waals surface area contributed by atoms with Crippen molar-refractivity contribution in [1.82, 2.24) is 9.55 Å². The second-order valence-corrected chi connectivity index (χ2v) is 5.18. The SMILES string of the molecule is CCC(C)c1cn([C@H]2C[C@H](O)[C@@H](CO)O2)c(=O)[nH]c1=O. The maximum absolute atomic E-state index is 11.9. The Morgan fingerprint density at radius 3 is 2.80 bits per heavy atom. The number of aromatic nitrogens is 2. The summed E-state index contributed by atoms with van der Waals surface area (Å²) in [5.74, 6) is 0.0190. The molecule has 3 N–H and O–H groups in total. The molecule has 0 amide bonds. The summed E-state index contributed by atoms with van der Waals surface area (Å²) < 4.78 is 6.72. The largest absolute Gasteiger partial charge is 0.394 e. The molecule has 0 radical (unpaired) electrons. The van der Waals surface area contributed by atoms with E-state index in [4.69, 9.17) is 9.84 Å². The molecule has 0 bridgehead atoms. The molecule has 1 aliphatic heterocycles. The number of nitrogens with one attached hydrogen (secondary N) is 1. The average Bonchev–Trinajstić information content (AvgIpc) is 2.79. The number of hydrogen-bond donors (Lipinski definition) is 3. The van der Waals surface area contributed by atoms with E-state index in [1.807, 2.05) is 13.8 Å². The monoisotopic (exact) mass is 284 g/mol. The summed E-state index contributed by atoms with van der Waals surface area (Å²) in [5.41, 5.74) is -0.451. The summed E-state index contributed by atoms with van der Waals surface area (Å²) in [6.07, 6.45) is 0.272. The third kappa shape index (κ3) is 2.70. The van der Waals surface area contributed by atoms with Gasteiger partial charge in [-0.3, -0.25) is 14.3 Å². The molecule has 20 heavy (non-hydrogen) atoms. The molecule has 0 aliphatic carbocycles. The Balaban J connectivity index is 2.38. The zero-order valence-corrected chi connectivity index (χ0v) is 11.6. The Kier molecular flexibility index (Phi) is 4.42. The van der Waals surface area contributed by atoms with Crippen molar-refractivity contribution in [1.29, 1.82) is 0 Å². The van der Waals surface area contributed by atoms with Crippen LogP contribution < -0.4 is 11.2 Å². The van der Waals surface area contributed by atoms with Crippen LogP contribution in [0, 0.1) is 0 Å². The summed E-state index contributed by atoms with van der Waals surface area (Å²) >= 11 is 0. The van der Waals surface area contributed by atoms with E-state index in [9.17, 15) is 14.7 Å². The summed E-state index contributed by atoms with van der Waals surface area (Å²) in [6, 6.07) is 0. The van der Waals surface area contributed by atoms with Crippen LogP contribution in [0.1, 0.15) is 44.4 Å². The number of ether oxygens (including phenoxy) is 1. The quantitative estimate of drug-likeness (QED) is 0.703. The molecule has 4 atom stereocenters. The van der Waals surface area contributed by atoms with E-state index >= 15 is 0 Å². The molecular weight excluding hydrogens is 264 g/mol. The smallest absolute Gasteiger partial charge is 0.330 e. The van der Waals surface area contributed by atoms with Crippen LogP contribution in [0.4, 0.5) is 0 Å². The maximum atomic E-state index is 11.9. The number of H-pyrrole nitrogens is 1. The Bertz CT molecular complexity index is 579. The summed E-state index contributed by atoms with van der Waals surface area (Å²) in [5, 5.41) is 18.8. The normalized spacial score (nSPS) is 27.7. The van der Waals surface area contributed by atoms with Gasteiger partial charge in [-0.25, -0.2) is 4.79 Å². The molecule has 1 aromatic heterocycles. The van der Waals surface area contributed by atoms with Crippen LogP contribution >= 0.6 is 0 Å². The number of rotatable bonds is 4. The van der Waals surface area contributed by atoms with Gasteiger partial charge >= 0.3 is 5.69 Å². The third-order valence-electron chi connectivity index (χ3n) is 3.83. The first-order chi connectivity index (χ1) is 9.47. The van der Waals surface area contributed by atoms with E-state index in [1.54, 1.807) is 0 Å². The first kappa shape index (κ1) is 15.0. The minimum absolute atomic E-state index is 0.0190. The molecule has 2 heterocycles. The van der Waals surface area contributed by atoms with E-state index < -0.39 is 29.7 Å². The van der Waals surface area contributed by atoms with Crippen molar-refractivity contribution < 1.29 is 14.9 Å². The lowest BCUT2D eigenvalue weighted by atomic mass is 10.0. The number of aromatic amines is 1. The average molecular weight is 284 g/mol. The Hall–Kier alpha value is -1.44. The van der Waals surface area contributed by atoms with Gasteiger partial charge in [-0.2, -0.15) is 0 Å². The van der Waals surface area contributed by atoms with Gasteiger partial charge in [0.25, 0.3) is 5.56 Å². The Labute approximate surface area is 115 Å². The van der Waals surface area contributed by atoms with Gasteiger partial charge in [-0.1, -0.05) is 13.8 Å². The molecule has 1 aromatic rings. The molecule has 2 rings (SSSR count). The predicted octanol–water partition coefficient (Wildman–Crippen LogP) is -0.309. The Morgan fingerprint density at radius 1 is 1.55 bits per heavy atom. The molecule has 0 spiro atoms. The molecule has 0 aromatic carbocycles.